The number of nitrogens with one attached hydrogen (secondary N) is 2. The van der Waals surface area contributed by atoms with Crippen molar-refractivity contribution >= 4 is 29.1 Å². The number of halogens is 2. The lowest BCUT2D eigenvalue weighted by Crippen LogP contribution is -2.05. The Labute approximate surface area is 147 Å². The molecule has 0 unspecified atom stereocenters. The van der Waals surface area contributed by atoms with Crippen molar-refractivity contribution in [3.05, 3.63) is 65.9 Å². The lowest BCUT2D eigenvalue weighted by Gasteiger charge is -2.09. The van der Waals surface area contributed by atoms with E-state index >= 15 is 0 Å². The maximum atomic E-state index is 13.7. The Balaban J connectivity index is 1.76. The first-order valence-corrected chi connectivity index (χ1v) is 7.43. The predicted molar refractivity (Wildman–Crippen MR) is 90.5 cm³/mol. The van der Waals surface area contributed by atoms with Crippen molar-refractivity contribution in [1.29, 1.82) is 0 Å². The second-order valence-corrected chi connectivity index (χ2v) is 5.08. The first-order chi connectivity index (χ1) is 12.6. The van der Waals surface area contributed by atoms with Crippen LogP contribution >= 0.6 is 0 Å². The maximum absolute atomic E-state index is 13.7. The van der Waals surface area contributed by atoms with Gasteiger partial charge in [0.2, 0.25) is 5.95 Å². The summed E-state index contributed by atoms with van der Waals surface area (Å²) in [7, 11) is 1.30. The third kappa shape index (κ3) is 3.89. The van der Waals surface area contributed by atoms with Crippen molar-refractivity contribution in [2.75, 3.05) is 17.7 Å². The number of nitrogens with zero attached hydrogens (tertiary/aromatic N) is 3. The monoisotopic (exact) mass is 357 g/mol. The highest BCUT2D eigenvalue weighted by molar-refractivity contribution is 5.89. The highest BCUT2D eigenvalue weighted by Crippen LogP contribution is 2.22. The van der Waals surface area contributed by atoms with Gasteiger partial charge >= 0.3 is 5.97 Å². The van der Waals surface area contributed by atoms with E-state index in [9.17, 15) is 13.6 Å². The molecule has 0 fully saturated rings. The predicted octanol–water partition coefficient (Wildman–Crippen LogP) is 3.42. The number of esters is 1. The fraction of sp³-hybridized carbons (Fsp3) is 0.0588. The molecular formula is C17H13F2N5O2. The van der Waals surface area contributed by atoms with E-state index in [1.807, 2.05) is 0 Å². The average molecular weight is 357 g/mol. The summed E-state index contributed by atoms with van der Waals surface area (Å²) in [6.07, 6.45) is 1.23. The number of ether oxygens (including phenoxy) is 1. The molecule has 0 radical (unpaired) electrons. The minimum atomic E-state index is -0.753. The molecule has 1 aromatic heterocycles. The Morgan fingerprint density at radius 3 is 2.38 bits per heavy atom. The number of benzene rings is 2. The Hall–Kier alpha value is -3.62. The summed E-state index contributed by atoms with van der Waals surface area (Å²) in [6.45, 7) is 0. The van der Waals surface area contributed by atoms with Gasteiger partial charge in [0, 0.05) is 5.69 Å². The van der Waals surface area contributed by atoms with Crippen LogP contribution in [-0.4, -0.2) is 28.3 Å². The number of anilines is 4. The van der Waals surface area contributed by atoms with Crippen LogP contribution < -0.4 is 10.6 Å². The van der Waals surface area contributed by atoms with E-state index in [0.717, 1.165) is 12.1 Å². The van der Waals surface area contributed by atoms with E-state index in [-0.39, 0.29) is 17.5 Å². The fourth-order valence-electron chi connectivity index (χ4n) is 2.10. The summed E-state index contributed by atoms with van der Waals surface area (Å²) in [5.74, 6) is -1.74. The van der Waals surface area contributed by atoms with E-state index in [1.54, 1.807) is 24.3 Å². The lowest BCUT2D eigenvalue weighted by atomic mass is 10.2. The topological polar surface area (TPSA) is 89.0 Å². The first kappa shape index (κ1) is 17.2. The van der Waals surface area contributed by atoms with Crippen LogP contribution in [0.1, 0.15) is 10.4 Å². The molecule has 0 atom stereocenters. The average Bonchev–Trinajstić information content (AvgIpc) is 2.65. The number of aromatic nitrogens is 3. The zero-order chi connectivity index (χ0) is 18.5. The van der Waals surface area contributed by atoms with Crippen molar-refractivity contribution in [2.24, 2.45) is 0 Å². The summed E-state index contributed by atoms with van der Waals surface area (Å²) in [5.41, 5.74) is 0.651. The highest BCUT2D eigenvalue weighted by atomic mass is 19.1. The maximum Gasteiger partial charge on any atom is 0.337 e. The molecule has 0 aliphatic rings. The van der Waals surface area contributed by atoms with Crippen LogP contribution in [0.2, 0.25) is 0 Å². The van der Waals surface area contributed by atoms with E-state index in [1.165, 1.54) is 19.4 Å². The van der Waals surface area contributed by atoms with Crippen LogP contribution in [0, 0.1) is 11.6 Å². The van der Waals surface area contributed by atoms with Crippen molar-refractivity contribution < 1.29 is 18.3 Å². The van der Waals surface area contributed by atoms with Crippen molar-refractivity contribution in [2.45, 2.75) is 0 Å². The number of hydrogen-bond donors (Lipinski definition) is 2. The molecule has 0 saturated heterocycles. The SMILES string of the molecule is COC(=O)c1ccc(Nc2nncc(Nc3c(F)cccc3F)n2)cc1. The molecule has 2 N–H and O–H groups in total. The zero-order valence-electron chi connectivity index (χ0n) is 13.5. The number of methoxy groups -OCH3 is 1. The third-order valence-corrected chi connectivity index (χ3v) is 3.34. The van der Waals surface area contributed by atoms with Crippen LogP contribution in [-0.2, 0) is 4.74 Å². The number of hydrogen-bond acceptors (Lipinski definition) is 7. The molecule has 7 nitrogen and oxygen atoms in total. The van der Waals surface area contributed by atoms with Crippen LogP contribution in [0.5, 0.6) is 0 Å². The summed E-state index contributed by atoms with van der Waals surface area (Å²) in [6, 6.07) is 9.92. The van der Waals surface area contributed by atoms with Gasteiger partial charge in [0.05, 0.1) is 18.9 Å². The number of rotatable bonds is 5. The second kappa shape index (κ2) is 7.51. The highest BCUT2D eigenvalue weighted by Gasteiger charge is 2.10. The molecule has 9 heteroatoms. The number of para-hydroxylation sites is 1. The van der Waals surface area contributed by atoms with Crippen molar-refractivity contribution in [1.82, 2.24) is 15.2 Å². The van der Waals surface area contributed by atoms with Gasteiger partial charge in [-0.2, -0.15) is 10.1 Å². The minimum absolute atomic E-state index is 0.109. The fourth-order valence-corrected chi connectivity index (χ4v) is 2.10. The molecule has 132 valence electrons. The Morgan fingerprint density at radius 2 is 1.73 bits per heavy atom. The van der Waals surface area contributed by atoms with Crippen molar-refractivity contribution in [3.63, 3.8) is 0 Å². The summed E-state index contributed by atoms with van der Waals surface area (Å²) in [4.78, 5) is 15.5. The molecule has 0 aliphatic heterocycles. The standard InChI is InChI=1S/C17H13F2N5O2/c1-26-16(25)10-5-7-11(8-6-10)21-17-23-14(9-20-24-17)22-15-12(18)3-2-4-13(15)19/h2-9H,1H3,(H2,21,22,23,24). The van der Waals surface area contributed by atoms with Gasteiger partial charge in [0.1, 0.15) is 17.3 Å². The molecule has 0 aliphatic carbocycles. The Kier molecular flexibility index (Phi) is 4.97. The van der Waals surface area contributed by atoms with Gasteiger partial charge in [-0.15, -0.1) is 5.10 Å². The summed E-state index contributed by atoms with van der Waals surface area (Å²) >= 11 is 0. The molecule has 1 heterocycles. The third-order valence-electron chi connectivity index (χ3n) is 3.34. The molecule has 0 spiro atoms. The van der Waals surface area contributed by atoms with Gasteiger partial charge in [-0.05, 0) is 36.4 Å². The molecule has 0 saturated carbocycles. The van der Waals surface area contributed by atoms with Gasteiger partial charge in [0.15, 0.2) is 5.82 Å². The largest absolute Gasteiger partial charge is 0.465 e. The molecule has 3 rings (SSSR count). The smallest absolute Gasteiger partial charge is 0.337 e. The van der Waals surface area contributed by atoms with Gasteiger partial charge < -0.3 is 15.4 Å². The minimum Gasteiger partial charge on any atom is -0.465 e. The molecule has 0 bridgehead atoms. The van der Waals surface area contributed by atoms with Gasteiger partial charge in [-0.25, -0.2) is 13.6 Å². The van der Waals surface area contributed by atoms with Crippen LogP contribution in [0.15, 0.2) is 48.7 Å². The quantitative estimate of drug-likeness (QED) is 0.676. The molecule has 0 amide bonds. The Bertz CT molecular complexity index is 914. The molecule has 2 aromatic carbocycles. The normalized spacial score (nSPS) is 10.3. The zero-order valence-corrected chi connectivity index (χ0v) is 13.5. The molecule has 3 aromatic rings. The first-order valence-electron chi connectivity index (χ1n) is 7.43. The number of carbonyl (C=O) groups excluding carboxylic acids is 1. The summed E-state index contributed by atoms with van der Waals surface area (Å²) in [5, 5.41) is 13.0. The van der Waals surface area contributed by atoms with Gasteiger partial charge in [-0.1, -0.05) is 6.07 Å². The number of carbonyl (C=O) groups is 1. The van der Waals surface area contributed by atoms with Gasteiger partial charge in [0.25, 0.3) is 0 Å². The molecule has 26 heavy (non-hydrogen) atoms. The van der Waals surface area contributed by atoms with E-state index in [0.29, 0.717) is 11.3 Å². The Morgan fingerprint density at radius 1 is 1.04 bits per heavy atom. The lowest BCUT2D eigenvalue weighted by molar-refractivity contribution is 0.0601. The van der Waals surface area contributed by atoms with E-state index < -0.39 is 17.6 Å². The van der Waals surface area contributed by atoms with E-state index in [2.05, 4.69) is 30.6 Å². The van der Waals surface area contributed by atoms with Crippen LogP contribution in [0.4, 0.5) is 31.9 Å². The molecular weight excluding hydrogens is 344 g/mol. The van der Waals surface area contributed by atoms with E-state index in [4.69, 9.17) is 0 Å². The van der Waals surface area contributed by atoms with Crippen LogP contribution in [0.3, 0.4) is 0 Å². The second-order valence-electron chi connectivity index (χ2n) is 5.08. The summed E-state index contributed by atoms with van der Waals surface area (Å²) < 4.78 is 32.0. The van der Waals surface area contributed by atoms with Crippen molar-refractivity contribution in [3.8, 4) is 0 Å². The van der Waals surface area contributed by atoms with Gasteiger partial charge in [-0.3, -0.25) is 0 Å². The van der Waals surface area contributed by atoms with Crippen LogP contribution in [0.25, 0.3) is 0 Å².